The van der Waals surface area contributed by atoms with Crippen molar-refractivity contribution >= 4 is 15.8 Å². The Labute approximate surface area is 141 Å². The lowest BCUT2D eigenvalue weighted by molar-refractivity contribution is 0.440. The van der Waals surface area contributed by atoms with E-state index in [9.17, 15) is 8.42 Å². The van der Waals surface area contributed by atoms with Crippen LogP contribution in [0.2, 0.25) is 0 Å². The Morgan fingerprint density at radius 3 is 2.75 bits per heavy atom. The molecule has 4 rings (SSSR count). The largest absolute Gasteiger partial charge is 0.365 e. The highest BCUT2D eigenvalue weighted by Crippen LogP contribution is 2.22. The zero-order chi connectivity index (χ0) is 16.6. The first kappa shape index (κ1) is 15.5. The van der Waals surface area contributed by atoms with Crippen LogP contribution in [0, 0.1) is 0 Å². The van der Waals surface area contributed by atoms with Gasteiger partial charge < -0.3 is 5.32 Å². The predicted octanol–water partition coefficient (Wildman–Crippen LogP) is 0.884. The number of fused-ring (bicyclic) bond motifs is 1. The van der Waals surface area contributed by atoms with Crippen molar-refractivity contribution < 1.29 is 8.42 Å². The van der Waals surface area contributed by atoms with Crippen LogP contribution in [0.25, 0.3) is 0 Å². The van der Waals surface area contributed by atoms with Gasteiger partial charge in [-0.3, -0.25) is 0 Å². The third-order valence-corrected chi connectivity index (χ3v) is 6.48. The molecule has 0 radical (unpaired) electrons. The second kappa shape index (κ2) is 6.14. The van der Waals surface area contributed by atoms with Crippen LogP contribution in [0.15, 0.2) is 29.6 Å². The molecule has 2 aliphatic heterocycles. The topological polar surface area (TPSA) is 93.0 Å². The molecule has 2 aliphatic rings. The van der Waals surface area contributed by atoms with Gasteiger partial charge in [-0.1, -0.05) is 0 Å². The van der Waals surface area contributed by atoms with E-state index in [1.165, 1.54) is 10.5 Å². The third kappa shape index (κ3) is 2.89. The first-order valence-corrected chi connectivity index (χ1v) is 9.66. The number of rotatable bonds is 4. The fourth-order valence-corrected chi connectivity index (χ4v) is 4.72. The fourth-order valence-electron chi connectivity index (χ4n) is 3.26. The number of sulfonamides is 1. The van der Waals surface area contributed by atoms with Gasteiger partial charge in [0.25, 0.3) is 0 Å². The van der Waals surface area contributed by atoms with Crippen LogP contribution in [-0.4, -0.2) is 51.6 Å². The van der Waals surface area contributed by atoms with E-state index in [2.05, 4.69) is 20.4 Å². The lowest BCUT2D eigenvalue weighted by Gasteiger charge is -2.24. The van der Waals surface area contributed by atoms with E-state index in [-0.39, 0.29) is 10.9 Å². The summed E-state index contributed by atoms with van der Waals surface area (Å²) in [6.07, 6.45) is 6.71. The minimum Gasteiger partial charge on any atom is -0.365 e. The maximum atomic E-state index is 12.5. The van der Waals surface area contributed by atoms with Crippen LogP contribution in [0.3, 0.4) is 0 Å². The van der Waals surface area contributed by atoms with Crippen LogP contribution in [-0.2, 0) is 23.0 Å². The molecule has 24 heavy (non-hydrogen) atoms. The molecule has 128 valence electrons. The standard InChI is InChI=1S/C15H20N6O2S/c22-24(23,20-7-1-2-8-20)13-4-5-14(16-9-13)19-12-3-6-15-17-11-18-21(15)10-12/h4-5,9,11-12H,1-3,6-8,10H2,(H,16,19). The maximum absolute atomic E-state index is 12.5. The Balaban J connectivity index is 1.45. The number of nitrogens with one attached hydrogen (secondary N) is 1. The highest BCUT2D eigenvalue weighted by Gasteiger charge is 2.27. The Bertz CT molecular complexity index is 811. The molecule has 0 amide bonds. The van der Waals surface area contributed by atoms with Gasteiger partial charge in [0.05, 0.1) is 6.54 Å². The van der Waals surface area contributed by atoms with E-state index < -0.39 is 10.0 Å². The van der Waals surface area contributed by atoms with Crippen LogP contribution in [0.1, 0.15) is 25.1 Å². The molecule has 2 aromatic rings. The maximum Gasteiger partial charge on any atom is 0.244 e. The number of pyridine rings is 1. The monoisotopic (exact) mass is 348 g/mol. The molecule has 4 heterocycles. The quantitative estimate of drug-likeness (QED) is 0.882. The molecular formula is C15H20N6O2S. The summed E-state index contributed by atoms with van der Waals surface area (Å²) in [6, 6.07) is 3.58. The first-order chi connectivity index (χ1) is 11.6. The summed E-state index contributed by atoms with van der Waals surface area (Å²) in [6.45, 7) is 1.94. The number of aromatic nitrogens is 4. The van der Waals surface area contributed by atoms with Crippen molar-refractivity contribution in [2.24, 2.45) is 0 Å². The van der Waals surface area contributed by atoms with Gasteiger partial charge in [0, 0.05) is 31.7 Å². The average molecular weight is 348 g/mol. The summed E-state index contributed by atoms with van der Waals surface area (Å²) in [5.41, 5.74) is 0. The van der Waals surface area contributed by atoms with Gasteiger partial charge in [-0.05, 0) is 31.4 Å². The normalized spacial score (nSPS) is 21.6. The summed E-state index contributed by atoms with van der Waals surface area (Å²) in [5, 5.41) is 7.55. The number of anilines is 1. The minimum absolute atomic E-state index is 0.215. The van der Waals surface area contributed by atoms with Crippen molar-refractivity contribution in [2.45, 2.75) is 43.2 Å². The summed E-state index contributed by atoms with van der Waals surface area (Å²) in [5.74, 6) is 1.69. The van der Waals surface area contributed by atoms with Crippen LogP contribution in [0.4, 0.5) is 5.82 Å². The van der Waals surface area contributed by atoms with E-state index in [0.717, 1.165) is 38.1 Å². The molecule has 9 heteroatoms. The number of aryl methyl sites for hydroxylation is 1. The lowest BCUT2D eigenvalue weighted by atomic mass is 10.1. The molecule has 1 unspecified atom stereocenters. The summed E-state index contributed by atoms with van der Waals surface area (Å²) < 4.78 is 28.4. The van der Waals surface area contributed by atoms with Crippen LogP contribution >= 0.6 is 0 Å². The first-order valence-electron chi connectivity index (χ1n) is 8.22. The van der Waals surface area contributed by atoms with E-state index in [1.807, 2.05) is 4.68 Å². The summed E-state index contributed by atoms with van der Waals surface area (Å²) in [7, 11) is -3.40. The third-order valence-electron chi connectivity index (χ3n) is 4.60. The molecule has 0 aromatic carbocycles. The second-order valence-corrected chi connectivity index (χ2v) is 8.17. The molecular weight excluding hydrogens is 328 g/mol. The smallest absolute Gasteiger partial charge is 0.244 e. The van der Waals surface area contributed by atoms with Crippen molar-refractivity contribution in [2.75, 3.05) is 18.4 Å². The highest BCUT2D eigenvalue weighted by molar-refractivity contribution is 7.89. The van der Waals surface area contributed by atoms with Crippen molar-refractivity contribution in [3.63, 3.8) is 0 Å². The fraction of sp³-hybridized carbons (Fsp3) is 0.533. The Kier molecular flexibility index (Phi) is 3.97. The van der Waals surface area contributed by atoms with Crippen LogP contribution in [0.5, 0.6) is 0 Å². The highest BCUT2D eigenvalue weighted by atomic mass is 32.2. The predicted molar refractivity (Wildman–Crippen MR) is 88.0 cm³/mol. The van der Waals surface area contributed by atoms with Crippen molar-refractivity contribution in [1.82, 2.24) is 24.1 Å². The average Bonchev–Trinajstić information content (AvgIpc) is 3.27. The molecule has 1 N–H and O–H groups in total. The Morgan fingerprint density at radius 1 is 1.17 bits per heavy atom. The lowest BCUT2D eigenvalue weighted by Crippen LogP contribution is -2.32. The van der Waals surface area contributed by atoms with Gasteiger partial charge in [-0.2, -0.15) is 9.40 Å². The van der Waals surface area contributed by atoms with Gasteiger partial charge in [0.1, 0.15) is 22.9 Å². The molecule has 1 atom stereocenters. The molecule has 0 bridgehead atoms. The second-order valence-electron chi connectivity index (χ2n) is 6.23. The summed E-state index contributed by atoms with van der Waals surface area (Å²) in [4.78, 5) is 8.76. The molecule has 0 aliphatic carbocycles. The van der Waals surface area contributed by atoms with Gasteiger partial charge in [-0.15, -0.1) is 0 Å². The zero-order valence-corrected chi connectivity index (χ0v) is 14.1. The van der Waals surface area contributed by atoms with E-state index in [4.69, 9.17) is 0 Å². The molecule has 1 fully saturated rings. The number of hydrogen-bond acceptors (Lipinski definition) is 6. The molecule has 8 nitrogen and oxygen atoms in total. The van der Waals surface area contributed by atoms with Gasteiger partial charge in [0.2, 0.25) is 10.0 Å². The number of hydrogen-bond donors (Lipinski definition) is 1. The van der Waals surface area contributed by atoms with Gasteiger partial charge >= 0.3 is 0 Å². The Hall–Kier alpha value is -2.00. The van der Waals surface area contributed by atoms with Crippen LogP contribution < -0.4 is 5.32 Å². The SMILES string of the molecule is O=S(=O)(c1ccc(NC2CCc3ncnn3C2)nc1)N1CCCC1. The molecule has 0 saturated carbocycles. The summed E-state index contributed by atoms with van der Waals surface area (Å²) >= 11 is 0. The van der Waals surface area contributed by atoms with Gasteiger partial charge in [0.15, 0.2) is 0 Å². The van der Waals surface area contributed by atoms with E-state index in [0.29, 0.717) is 18.9 Å². The minimum atomic E-state index is -3.40. The molecule has 1 saturated heterocycles. The zero-order valence-electron chi connectivity index (χ0n) is 13.3. The van der Waals surface area contributed by atoms with Crippen molar-refractivity contribution in [1.29, 1.82) is 0 Å². The van der Waals surface area contributed by atoms with Gasteiger partial charge in [-0.25, -0.2) is 23.1 Å². The van der Waals surface area contributed by atoms with E-state index >= 15 is 0 Å². The number of nitrogens with zero attached hydrogens (tertiary/aromatic N) is 5. The molecule has 0 spiro atoms. The molecule has 2 aromatic heterocycles. The van der Waals surface area contributed by atoms with Crippen molar-refractivity contribution in [3.8, 4) is 0 Å². The Morgan fingerprint density at radius 2 is 2.00 bits per heavy atom. The van der Waals surface area contributed by atoms with Crippen molar-refractivity contribution in [3.05, 3.63) is 30.5 Å². The van der Waals surface area contributed by atoms with E-state index in [1.54, 1.807) is 18.5 Å².